The largest absolute Gasteiger partial charge is 0.283 e. The summed E-state index contributed by atoms with van der Waals surface area (Å²) in [6.07, 6.45) is 1.51. The number of aromatic nitrogens is 1. The van der Waals surface area contributed by atoms with Crippen LogP contribution in [-0.4, -0.2) is 16.1 Å². The van der Waals surface area contributed by atoms with Gasteiger partial charge in [-0.2, -0.15) is 5.06 Å². The SMILES string of the molecule is O=C(c1ccccc1)N(O)c1ccccn1. The molecule has 0 aliphatic rings. The van der Waals surface area contributed by atoms with Crippen LogP contribution in [-0.2, 0) is 0 Å². The molecule has 0 unspecified atom stereocenters. The van der Waals surface area contributed by atoms with Crippen LogP contribution >= 0.6 is 0 Å². The molecule has 4 nitrogen and oxygen atoms in total. The van der Waals surface area contributed by atoms with Crippen LogP contribution in [0, 0.1) is 0 Å². The van der Waals surface area contributed by atoms with Gasteiger partial charge in [0, 0.05) is 11.8 Å². The summed E-state index contributed by atoms with van der Waals surface area (Å²) in [6, 6.07) is 13.5. The lowest BCUT2D eigenvalue weighted by atomic mass is 10.2. The van der Waals surface area contributed by atoms with Crippen LogP contribution in [0.5, 0.6) is 0 Å². The van der Waals surface area contributed by atoms with Crippen molar-refractivity contribution in [2.75, 3.05) is 5.06 Å². The molecule has 0 saturated carbocycles. The average Bonchev–Trinajstić information content (AvgIpc) is 2.39. The van der Waals surface area contributed by atoms with E-state index >= 15 is 0 Å². The van der Waals surface area contributed by atoms with Crippen LogP contribution in [0.15, 0.2) is 54.7 Å². The summed E-state index contributed by atoms with van der Waals surface area (Å²) < 4.78 is 0. The van der Waals surface area contributed by atoms with Gasteiger partial charge in [0.2, 0.25) is 0 Å². The summed E-state index contributed by atoms with van der Waals surface area (Å²) in [6.45, 7) is 0. The molecular weight excluding hydrogens is 204 g/mol. The lowest BCUT2D eigenvalue weighted by Gasteiger charge is -2.13. The molecule has 0 bridgehead atoms. The lowest BCUT2D eigenvalue weighted by Crippen LogP contribution is -2.27. The fourth-order valence-corrected chi connectivity index (χ4v) is 1.29. The minimum absolute atomic E-state index is 0.205. The average molecular weight is 214 g/mol. The first-order chi connectivity index (χ1) is 7.79. The Kier molecular flexibility index (Phi) is 2.93. The second-order valence-electron chi connectivity index (χ2n) is 3.17. The number of carbonyl (C=O) groups is 1. The fourth-order valence-electron chi connectivity index (χ4n) is 1.29. The van der Waals surface area contributed by atoms with Gasteiger partial charge < -0.3 is 0 Å². The Hall–Kier alpha value is -2.20. The number of amides is 1. The Morgan fingerprint density at radius 3 is 2.38 bits per heavy atom. The van der Waals surface area contributed by atoms with Crippen molar-refractivity contribution in [3.63, 3.8) is 0 Å². The molecule has 1 amide bonds. The van der Waals surface area contributed by atoms with Gasteiger partial charge in [-0.3, -0.25) is 10.0 Å². The van der Waals surface area contributed by atoms with E-state index in [1.54, 1.807) is 48.5 Å². The third-order valence-electron chi connectivity index (χ3n) is 2.08. The Balaban J connectivity index is 2.24. The van der Waals surface area contributed by atoms with Crippen LogP contribution in [0.1, 0.15) is 10.4 Å². The number of hydroxylamine groups is 1. The van der Waals surface area contributed by atoms with Gasteiger partial charge in [0.1, 0.15) is 0 Å². The molecule has 0 fully saturated rings. The molecule has 1 heterocycles. The van der Waals surface area contributed by atoms with Gasteiger partial charge >= 0.3 is 0 Å². The molecule has 2 aromatic rings. The van der Waals surface area contributed by atoms with Crippen molar-refractivity contribution in [2.24, 2.45) is 0 Å². The van der Waals surface area contributed by atoms with E-state index in [-0.39, 0.29) is 5.82 Å². The van der Waals surface area contributed by atoms with Crippen LogP contribution in [0.4, 0.5) is 5.82 Å². The number of anilines is 1. The van der Waals surface area contributed by atoms with Gasteiger partial charge in [-0.15, -0.1) is 0 Å². The summed E-state index contributed by atoms with van der Waals surface area (Å²) in [4.78, 5) is 15.7. The number of pyridine rings is 1. The van der Waals surface area contributed by atoms with Crippen molar-refractivity contribution in [3.8, 4) is 0 Å². The Morgan fingerprint density at radius 2 is 1.75 bits per heavy atom. The van der Waals surface area contributed by atoms with Crippen LogP contribution in [0.2, 0.25) is 0 Å². The van der Waals surface area contributed by atoms with E-state index in [1.807, 2.05) is 0 Å². The zero-order valence-corrected chi connectivity index (χ0v) is 8.45. The van der Waals surface area contributed by atoms with Crippen molar-refractivity contribution >= 4 is 11.7 Å². The summed E-state index contributed by atoms with van der Waals surface area (Å²) in [5.41, 5.74) is 0.413. The first-order valence-corrected chi connectivity index (χ1v) is 4.78. The number of benzene rings is 1. The number of hydrogen-bond donors (Lipinski definition) is 1. The predicted octanol–water partition coefficient (Wildman–Crippen LogP) is 2.12. The highest BCUT2D eigenvalue weighted by Gasteiger charge is 2.15. The molecule has 1 aromatic heterocycles. The van der Waals surface area contributed by atoms with Crippen LogP contribution in [0.25, 0.3) is 0 Å². The molecule has 0 spiro atoms. The highest BCUT2D eigenvalue weighted by molar-refractivity contribution is 6.03. The second-order valence-corrected chi connectivity index (χ2v) is 3.17. The highest BCUT2D eigenvalue weighted by atomic mass is 16.5. The van der Waals surface area contributed by atoms with Gasteiger partial charge in [0.25, 0.3) is 5.91 Å². The molecule has 0 saturated heterocycles. The Labute approximate surface area is 92.7 Å². The minimum atomic E-state index is -0.501. The predicted molar refractivity (Wildman–Crippen MR) is 59.3 cm³/mol. The maximum Gasteiger partial charge on any atom is 0.283 e. The lowest BCUT2D eigenvalue weighted by molar-refractivity contribution is 0.0852. The van der Waals surface area contributed by atoms with Gasteiger partial charge in [-0.05, 0) is 24.3 Å². The van der Waals surface area contributed by atoms with Gasteiger partial charge in [0.15, 0.2) is 5.82 Å². The maximum atomic E-state index is 11.8. The fraction of sp³-hybridized carbons (Fsp3) is 0. The molecule has 2 rings (SSSR count). The molecule has 0 aliphatic heterocycles. The van der Waals surface area contributed by atoms with Gasteiger partial charge in [0.05, 0.1) is 0 Å². The third-order valence-corrected chi connectivity index (χ3v) is 2.08. The topological polar surface area (TPSA) is 53.4 Å². The van der Waals surface area contributed by atoms with Crippen molar-refractivity contribution in [1.29, 1.82) is 0 Å². The van der Waals surface area contributed by atoms with Crippen LogP contribution in [0.3, 0.4) is 0 Å². The minimum Gasteiger partial charge on any atom is -0.279 e. The van der Waals surface area contributed by atoms with Crippen LogP contribution < -0.4 is 5.06 Å². The monoisotopic (exact) mass is 214 g/mol. The summed E-state index contributed by atoms with van der Waals surface area (Å²) >= 11 is 0. The summed E-state index contributed by atoms with van der Waals surface area (Å²) in [5, 5.41) is 10.2. The van der Waals surface area contributed by atoms with Gasteiger partial charge in [-0.1, -0.05) is 24.3 Å². The van der Waals surface area contributed by atoms with E-state index in [0.717, 1.165) is 0 Å². The summed E-state index contributed by atoms with van der Waals surface area (Å²) in [7, 11) is 0. The highest BCUT2D eigenvalue weighted by Crippen LogP contribution is 2.11. The number of nitrogens with zero attached hydrogens (tertiary/aromatic N) is 2. The quantitative estimate of drug-likeness (QED) is 0.615. The number of carbonyl (C=O) groups excluding carboxylic acids is 1. The zero-order chi connectivity index (χ0) is 11.4. The van der Waals surface area contributed by atoms with Crippen molar-refractivity contribution in [1.82, 2.24) is 4.98 Å². The van der Waals surface area contributed by atoms with E-state index in [2.05, 4.69) is 4.98 Å². The van der Waals surface area contributed by atoms with Gasteiger partial charge in [-0.25, -0.2) is 4.98 Å². The van der Waals surface area contributed by atoms with E-state index in [9.17, 15) is 10.0 Å². The molecule has 0 radical (unpaired) electrons. The van der Waals surface area contributed by atoms with E-state index in [0.29, 0.717) is 10.6 Å². The number of hydrogen-bond acceptors (Lipinski definition) is 3. The standard InChI is InChI=1S/C12H10N2O2/c15-12(10-6-2-1-3-7-10)14(16)11-8-4-5-9-13-11/h1-9,16H. The van der Waals surface area contributed by atoms with Crippen molar-refractivity contribution in [3.05, 3.63) is 60.3 Å². The maximum absolute atomic E-state index is 11.8. The van der Waals surface area contributed by atoms with E-state index < -0.39 is 5.91 Å². The first kappa shape index (κ1) is 10.3. The smallest absolute Gasteiger partial charge is 0.279 e. The van der Waals surface area contributed by atoms with E-state index in [4.69, 9.17) is 0 Å². The molecule has 80 valence electrons. The molecule has 1 aromatic carbocycles. The normalized spacial score (nSPS) is 9.81. The number of rotatable bonds is 2. The van der Waals surface area contributed by atoms with Crippen molar-refractivity contribution in [2.45, 2.75) is 0 Å². The molecular formula is C12H10N2O2. The Bertz CT molecular complexity index is 471. The summed E-state index contributed by atoms with van der Waals surface area (Å²) in [5.74, 6) is -0.296. The molecule has 4 heteroatoms. The van der Waals surface area contributed by atoms with E-state index in [1.165, 1.54) is 6.20 Å². The molecule has 0 aliphatic carbocycles. The Morgan fingerprint density at radius 1 is 1.06 bits per heavy atom. The second kappa shape index (κ2) is 4.55. The first-order valence-electron chi connectivity index (χ1n) is 4.78. The van der Waals surface area contributed by atoms with Crippen molar-refractivity contribution < 1.29 is 10.0 Å². The third kappa shape index (κ3) is 2.07. The molecule has 16 heavy (non-hydrogen) atoms. The zero-order valence-electron chi connectivity index (χ0n) is 8.45. The molecule has 1 N–H and O–H groups in total. The molecule has 0 atom stereocenters.